The summed E-state index contributed by atoms with van der Waals surface area (Å²) in [6.07, 6.45) is -4.64. The number of imide groups is 1. The molecule has 3 unspecified atom stereocenters. The molecule has 17 heteroatoms. The Kier molecular flexibility index (Phi) is 8.05. The molecule has 3 heterocycles. The summed E-state index contributed by atoms with van der Waals surface area (Å²) in [5.74, 6) is -4.20. The van der Waals surface area contributed by atoms with Gasteiger partial charge in [-0.2, -0.15) is 13.2 Å². The lowest BCUT2D eigenvalue weighted by Crippen LogP contribution is -2.33. The number of nitro benzene ring substituents is 1. The highest BCUT2D eigenvalue weighted by Crippen LogP contribution is 2.54. The Bertz CT molecular complexity index is 2010. The first-order valence-electron chi connectivity index (χ1n) is 13.6. The third kappa shape index (κ3) is 5.71. The molecule has 0 saturated carbocycles. The number of halogens is 3. The molecule has 2 N–H and O–H groups in total. The molecule has 12 nitrogen and oxygen atoms in total. The minimum absolute atomic E-state index is 0.0649. The zero-order valence-corrected chi connectivity index (χ0v) is 25.5. The molecule has 3 aromatic carbocycles. The maximum Gasteiger partial charge on any atom is 0.416 e. The number of nitrogens with zero attached hydrogens (tertiary/aromatic N) is 3. The van der Waals surface area contributed by atoms with Crippen LogP contribution >= 0.6 is 23.1 Å². The van der Waals surface area contributed by atoms with E-state index in [1.54, 1.807) is 0 Å². The molecule has 2 aliphatic heterocycles. The molecule has 2 aliphatic rings. The van der Waals surface area contributed by atoms with Gasteiger partial charge in [0.15, 0.2) is 11.5 Å². The van der Waals surface area contributed by atoms with Gasteiger partial charge in [0, 0.05) is 28.6 Å². The Morgan fingerprint density at radius 1 is 1.06 bits per heavy atom. The molecule has 0 aliphatic carbocycles. The maximum absolute atomic E-state index is 14.0. The number of phenols is 1. The van der Waals surface area contributed by atoms with Crippen molar-refractivity contribution in [3.63, 3.8) is 0 Å². The van der Waals surface area contributed by atoms with Crippen LogP contribution in [0.25, 0.3) is 0 Å². The number of phenolic OH excluding ortho intramolecular Hbond substituents is 1. The van der Waals surface area contributed by atoms with Crippen molar-refractivity contribution in [2.75, 3.05) is 17.3 Å². The second kappa shape index (κ2) is 11.9. The zero-order chi connectivity index (χ0) is 33.8. The molecule has 6 rings (SSSR count). The summed E-state index contributed by atoms with van der Waals surface area (Å²) in [5, 5.41) is 22.9. The number of nitro groups is 1. The summed E-state index contributed by atoms with van der Waals surface area (Å²) >= 11 is 1.65. The SMILES string of the molecule is COc1cc(C2c3sc(=O)n(CC(=O)Nc4cccc(C(F)(F)F)c4)c3SC3C(=O)N(c4ccc([N+](=O)[O-])cc4)C(=O)C32)ccc1O. The molecular weight excluding hydrogens is 665 g/mol. The molecule has 4 aromatic rings. The van der Waals surface area contributed by atoms with Crippen LogP contribution in [0.3, 0.4) is 0 Å². The molecule has 0 spiro atoms. The molecule has 1 aromatic heterocycles. The lowest BCUT2D eigenvalue weighted by molar-refractivity contribution is -0.384. The van der Waals surface area contributed by atoms with Gasteiger partial charge in [0.2, 0.25) is 17.7 Å². The first kappa shape index (κ1) is 31.8. The number of methoxy groups -OCH3 is 1. The lowest BCUT2D eigenvalue weighted by atomic mass is 9.83. The second-order valence-electron chi connectivity index (χ2n) is 10.5. The van der Waals surface area contributed by atoms with Crippen molar-refractivity contribution < 1.29 is 42.3 Å². The zero-order valence-electron chi connectivity index (χ0n) is 23.9. The van der Waals surface area contributed by atoms with Crippen molar-refractivity contribution in [2.45, 2.75) is 28.9 Å². The standard InChI is InChI=1S/C30H21F3N4O8S2/c1-45-20-11-14(5-10-19(20)38)22-23-24(27(41)36(26(23)40)17-6-8-18(9-7-17)37(43)44)46-28-25(22)47-29(42)35(28)13-21(39)34-16-4-2-3-15(12-16)30(31,32)33/h2-12,22-24,38H,13H2,1H3,(H,34,39). The largest absolute Gasteiger partial charge is 0.504 e. The van der Waals surface area contributed by atoms with Crippen molar-refractivity contribution in [3.05, 3.63) is 103 Å². The fourth-order valence-electron chi connectivity index (χ4n) is 5.60. The number of alkyl halides is 3. The number of hydrogen-bond donors (Lipinski definition) is 2. The van der Waals surface area contributed by atoms with Gasteiger partial charge in [0.05, 0.1) is 34.2 Å². The Morgan fingerprint density at radius 3 is 2.45 bits per heavy atom. The first-order chi connectivity index (χ1) is 22.3. The minimum Gasteiger partial charge on any atom is -0.504 e. The number of aromatic hydroxyl groups is 1. The van der Waals surface area contributed by atoms with Crippen LogP contribution in [-0.4, -0.2) is 44.7 Å². The van der Waals surface area contributed by atoms with E-state index in [9.17, 15) is 47.6 Å². The van der Waals surface area contributed by atoms with E-state index >= 15 is 0 Å². The van der Waals surface area contributed by atoms with E-state index in [1.165, 1.54) is 43.5 Å². The van der Waals surface area contributed by atoms with E-state index in [0.29, 0.717) is 10.4 Å². The van der Waals surface area contributed by atoms with E-state index in [0.717, 1.165) is 62.9 Å². The van der Waals surface area contributed by atoms with E-state index in [2.05, 4.69) is 5.32 Å². The molecule has 1 fully saturated rings. The highest BCUT2D eigenvalue weighted by Gasteiger charge is 2.57. The number of hydrogen-bond acceptors (Lipinski definition) is 10. The average Bonchev–Trinajstić information content (AvgIpc) is 3.47. The summed E-state index contributed by atoms with van der Waals surface area (Å²) in [6, 6.07) is 13.2. The number of carbonyl (C=O) groups is 3. The van der Waals surface area contributed by atoms with Crippen LogP contribution in [0.15, 0.2) is 76.6 Å². The summed E-state index contributed by atoms with van der Waals surface area (Å²) in [4.78, 5) is 65.4. The quantitative estimate of drug-likeness (QED) is 0.155. The predicted molar refractivity (Wildman–Crippen MR) is 164 cm³/mol. The number of thiazole rings is 1. The molecule has 0 radical (unpaired) electrons. The number of nitrogens with one attached hydrogen (secondary N) is 1. The van der Waals surface area contributed by atoms with Crippen LogP contribution in [0.5, 0.6) is 11.5 Å². The van der Waals surface area contributed by atoms with E-state index in [-0.39, 0.29) is 33.6 Å². The molecule has 3 atom stereocenters. The normalized spacial score (nSPS) is 18.9. The van der Waals surface area contributed by atoms with Gasteiger partial charge in [-0.15, -0.1) is 0 Å². The smallest absolute Gasteiger partial charge is 0.416 e. The minimum atomic E-state index is -4.64. The van der Waals surface area contributed by atoms with Gasteiger partial charge in [0.25, 0.3) is 5.69 Å². The number of ether oxygens (including phenoxy) is 1. The van der Waals surface area contributed by atoms with Crippen LogP contribution in [-0.2, 0) is 27.1 Å². The fraction of sp³-hybridized carbons (Fsp3) is 0.200. The van der Waals surface area contributed by atoms with Crippen molar-refractivity contribution >= 4 is 57.9 Å². The number of rotatable bonds is 7. The highest BCUT2D eigenvalue weighted by atomic mass is 32.2. The second-order valence-corrected chi connectivity index (χ2v) is 12.6. The predicted octanol–water partition coefficient (Wildman–Crippen LogP) is 4.99. The Hall–Kier alpha value is -5.16. The van der Waals surface area contributed by atoms with Crippen LogP contribution in [0.2, 0.25) is 0 Å². The maximum atomic E-state index is 14.0. The van der Waals surface area contributed by atoms with E-state index < -0.39 is 62.9 Å². The van der Waals surface area contributed by atoms with Gasteiger partial charge in [0.1, 0.15) is 11.8 Å². The molecular formula is C30H21F3N4O8S2. The van der Waals surface area contributed by atoms with Crippen molar-refractivity contribution in [1.29, 1.82) is 0 Å². The summed E-state index contributed by atoms with van der Waals surface area (Å²) < 4.78 is 45.9. The third-order valence-electron chi connectivity index (χ3n) is 7.71. The number of amides is 3. The number of benzene rings is 3. The molecule has 47 heavy (non-hydrogen) atoms. The molecule has 242 valence electrons. The topological polar surface area (TPSA) is 161 Å². The van der Waals surface area contributed by atoms with Gasteiger partial charge < -0.3 is 15.2 Å². The van der Waals surface area contributed by atoms with Gasteiger partial charge in [-0.1, -0.05) is 35.2 Å². The Labute approximate surface area is 270 Å². The van der Waals surface area contributed by atoms with E-state index in [1.807, 2.05) is 0 Å². The number of fused-ring (bicyclic) bond motifs is 2. The van der Waals surface area contributed by atoms with Gasteiger partial charge in [-0.05, 0) is 48.0 Å². The number of thioether (sulfide) groups is 1. The van der Waals surface area contributed by atoms with Crippen molar-refractivity contribution in [1.82, 2.24) is 4.57 Å². The summed E-state index contributed by atoms with van der Waals surface area (Å²) in [7, 11) is 1.32. The van der Waals surface area contributed by atoms with Crippen LogP contribution in [0, 0.1) is 16.0 Å². The Balaban J connectivity index is 1.40. The van der Waals surface area contributed by atoms with Gasteiger partial charge in [-0.25, -0.2) is 4.90 Å². The van der Waals surface area contributed by atoms with Crippen LogP contribution in [0.1, 0.15) is 21.9 Å². The highest BCUT2D eigenvalue weighted by molar-refractivity contribution is 8.00. The van der Waals surface area contributed by atoms with Crippen LogP contribution in [0.4, 0.5) is 30.2 Å². The van der Waals surface area contributed by atoms with Crippen LogP contribution < -0.4 is 19.8 Å². The number of anilines is 2. The number of non-ortho nitro benzene ring substituents is 1. The lowest BCUT2D eigenvalue weighted by Gasteiger charge is -2.31. The Morgan fingerprint density at radius 2 is 1.79 bits per heavy atom. The summed E-state index contributed by atoms with van der Waals surface area (Å²) in [6.45, 7) is -0.606. The molecule has 3 amide bonds. The third-order valence-corrected chi connectivity index (χ3v) is 10.3. The monoisotopic (exact) mass is 686 g/mol. The molecule has 0 bridgehead atoms. The number of aromatic nitrogens is 1. The van der Waals surface area contributed by atoms with Gasteiger partial charge in [-0.3, -0.25) is 33.9 Å². The first-order valence-corrected chi connectivity index (χ1v) is 15.3. The average molecular weight is 687 g/mol. The summed E-state index contributed by atoms with van der Waals surface area (Å²) in [5.41, 5.74) is -0.841. The van der Waals surface area contributed by atoms with Crippen molar-refractivity contribution in [3.8, 4) is 11.5 Å². The fourth-order valence-corrected chi connectivity index (χ4v) is 8.37. The number of carbonyl (C=O) groups excluding carboxylic acids is 3. The van der Waals surface area contributed by atoms with Crippen molar-refractivity contribution in [2.24, 2.45) is 5.92 Å². The molecule has 1 saturated heterocycles. The van der Waals surface area contributed by atoms with E-state index in [4.69, 9.17) is 4.74 Å². The van der Waals surface area contributed by atoms with Gasteiger partial charge >= 0.3 is 11.0 Å².